The van der Waals surface area contributed by atoms with Crippen LogP contribution in [0.3, 0.4) is 0 Å². The first-order chi connectivity index (χ1) is 17.5. The number of nitrogens with zero attached hydrogens (tertiary/aromatic N) is 3. The van der Waals surface area contributed by atoms with Crippen LogP contribution in [0.5, 0.6) is 0 Å². The Kier molecular flexibility index (Phi) is 6.68. The van der Waals surface area contributed by atoms with Crippen LogP contribution >= 0.6 is 0 Å². The van der Waals surface area contributed by atoms with E-state index in [0.717, 1.165) is 24.8 Å². The molecule has 9 nitrogen and oxygen atoms in total. The third-order valence-corrected chi connectivity index (χ3v) is 11.0. The van der Waals surface area contributed by atoms with Crippen LogP contribution in [-0.2, 0) is 19.3 Å². The number of morpholine rings is 1. The maximum absolute atomic E-state index is 13.6. The van der Waals surface area contributed by atoms with E-state index in [1.807, 2.05) is 30.3 Å². The zero-order valence-corrected chi connectivity index (χ0v) is 22.9. The van der Waals surface area contributed by atoms with Gasteiger partial charge in [-0.25, -0.2) is 23.2 Å². The molecular weight excluding hydrogens is 490 g/mol. The summed E-state index contributed by atoms with van der Waals surface area (Å²) in [5.41, 5.74) is 1.99. The highest BCUT2D eigenvalue weighted by Gasteiger charge is 2.61. The first-order valence-electron chi connectivity index (χ1n) is 13.2. The highest BCUT2D eigenvalue weighted by Crippen LogP contribution is 2.56. The van der Waals surface area contributed by atoms with Gasteiger partial charge in [0.15, 0.2) is 15.7 Å². The largest absolute Gasteiger partial charge is 0.377 e. The standard InChI is InChI=1S/C27H37N5O4S/c1-18-17-36-15-14-32(18)23-16-22(27(12-13-27)37(34,35)26(2,3)4)30-24(31-23)19-8-10-21(11-9-19)29-25(33)28-20-6-5-7-20/h8-11,16,18,20H,5-7,12-15,17H2,1-4H3,(H2,28,29,33)/t18-/m0/s1. The minimum Gasteiger partial charge on any atom is -0.377 e. The lowest BCUT2D eigenvalue weighted by Crippen LogP contribution is -2.44. The maximum atomic E-state index is 13.6. The van der Waals surface area contributed by atoms with E-state index in [0.29, 0.717) is 55.6 Å². The van der Waals surface area contributed by atoms with Crippen molar-refractivity contribution in [2.45, 2.75) is 81.4 Å². The number of anilines is 2. The van der Waals surface area contributed by atoms with Crippen LogP contribution in [0.1, 0.15) is 65.5 Å². The van der Waals surface area contributed by atoms with Crippen molar-refractivity contribution in [3.05, 3.63) is 36.0 Å². The minimum atomic E-state index is -3.49. The van der Waals surface area contributed by atoms with E-state index in [1.165, 1.54) is 0 Å². The first kappa shape index (κ1) is 25.9. The Morgan fingerprint density at radius 1 is 1.14 bits per heavy atom. The van der Waals surface area contributed by atoms with Gasteiger partial charge in [-0.2, -0.15) is 0 Å². The zero-order valence-electron chi connectivity index (χ0n) is 22.1. The summed E-state index contributed by atoms with van der Waals surface area (Å²) in [6.45, 7) is 9.19. The molecule has 0 bridgehead atoms. The number of aromatic nitrogens is 2. The van der Waals surface area contributed by atoms with Gasteiger partial charge in [0.25, 0.3) is 0 Å². The lowest BCUT2D eigenvalue weighted by atomic mass is 9.93. The number of benzene rings is 1. The molecule has 3 aliphatic rings. The second kappa shape index (κ2) is 9.54. The molecule has 37 heavy (non-hydrogen) atoms. The maximum Gasteiger partial charge on any atom is 0.319 e. The average molecular weight is 528 g/mol. The molecule has 1 atom stereocenters. The molecule has 2 N–H and O–H groups in total. The van der Waals surface area contributed by atoms with Crippen LogP contribution in [0, 0.1) is 0 Å². The smallest absolute Gasteiger partial charge is 0.319 e. The number of nitrogens with one attached hydrogen (secondary N) is 2. The summed E-state index contributed by atoms with van der Waals surface area (Å²) in [6.07, 6.45) is 4.32. The Bertz CT molecular complexity index is 1260. The summed E-state index contributed by atoms with van der Waals surface area (Å²) in [5, 5.41) is 5.85. The molecule has 2 aliphatic carbocycles. The second-order valence-corrected chi connectivity index (χ2v) is 14.5. The van der Waals surface area contributed by atoms with Gasteiger partial charge >= 0.3 is 6.03 Å². The quantitative estimate of drug-likeness (QED) is 0.577. The van der Waals surface area contributed by atoms with Gasteiger partial charge in [-0.05, 0) is 84.1 Å². The van der Waals surface area contributed by atoms with Crippen molar-refractivity contribution in [3.63, 3.8) is 0 Å². The Morgan fingerprint density at radius 2 is 1.84 bits per heavy atom. The summed E-state index contributed by atoms with van der Waals surface area (Å²) in [5.74, 6) is 1.19. The monoisotopic (exact) mass is 527 g/mol. The highest BCUT2D eigenvalue weighted by atomic mass is 32.2. The van der Waals surface area contributed by atoms with Crippen molar-refractivity contribution in [3.8, 4) is 11.4 Å². The summed E-state index contributed by atoms with van der Waals surface area (Å²) >= 11 is 0. The van der Waals surface area contributed by atoms with E-state index in [9.17, 15) is 13.2 Å². The van der Waals surface area contributed by atoms with Crippen molar-refractivity contribution in [2.24, 2.45) is 0 Å². The second-order valence-electron chi connectivity index (χ2n) is 11.5. The molecule has 1 aromatic carbocycles. The van der Waals surface area contributed by atoms with Gasteiger partial charge in [0.2, 0.25) is 0 Å². The number of urea groups is 1. The van der Waals surface area contributed by atoms with E-state index in [1.54, 1.807) is 20.8 Å². The molecule has 3 fully saturated rings. The summed E-state index contributed by atoms with van der Waals surface area (Å²) in [6, 6.07) is 9.40. The summed E-state index contributed by atoms with van der Waals surface area (Å²) < 4.78 is 31.0. The van der Waals surface area contributed by atoms with Crippen LogP contribution in [0.25, 0.3) is 11.4 Å². The molecule has 5 rings (SSSR count). The van der Waals surface area contributed by atoms with Gasteiger partial charge in [-0.3, -0.25) is 0 Å². The number of ether oxygens (including phenoxy) is 1. The Balaban J connectivity index is 1.48. The fraction of sp³-hybridized carbons (Fsp3) is 0.593. The fourth-order valence-electron chi connectivity index (χ4n) is 4.98. The van der Waals surface area contributed by atoms with Crippen molar-refractivity contribution in [1.29, 1.82) is 0 Å². The Labute approximate surface area is 219 Å². The zero-order chi connectivity index (χ0) is 26.4. The van der Waals surface area contributed by atoms with Gasteiger partial charge in [-0.1, -0.05) is 0 Å². The normalized spacial score (nSPS) is 21.7. The Hall–Kier alpha value is -2.72. The number of amides is 2. The molecule has 0 radical (unpaired) electrons. The molecule has 0 unspecified atom stereocenters. The molecule has 0 spiro atoms. The third kappa shape index (κ3) is 4.93. The predicted molar refractivity (Wildman–Crippen MR) is 144 cm³/mol. The Morgan fingerprint density at radius 3 is 2.41 bits per heavy atom. The van der Waals surface area contributed by atoms with Gasteiger partial charge in [-0.15, -0.1) is 0 Å². The molecule has 1 aliphatic heterocycles. The SMILES string of the molecule is C[C@H]1COCCN1c1cc(C2(S(=O)(=O)C(C)(C)C)CC2)nc(-c2ccc(NC(=O)NC3CCC3)cc2)n1. The minimum absolute atomic E-state index is 0.111. The molecule has 2 heterocycles. The van der Waals surface area contributed by atoms with Crippen LogP contribution in [0.2, 0.25) is 0 Å². The van der Waals surface area contributed by atoms with Gasteiger partial charge in [0, 0.05) is 29.9 Å². The van der Waals surface area contributed by atoms with Gasteiger partial charge in [0.1, 0.15) is 10.6 Å². The molecule has 10 heteroatoms. The topological polar surface area (TPSA) is 114 Å². The number of carbonyl (C=O) groups excluding carboxylic acids is 1. The molecule has 1 aromatic heterocycles. The third-order valence-electron chi connectivity index (χ3n) is 7.71. The number of rotatable bonds is 6. The van der Waals surface area contributed by atoms with Crippen molar-refractivity contribution in [1.82, 2.24) is 15.3 Å². The van der Waals surface area contributed by atoms with Crippen molar-refractivity contribution in [2.75, 3.05) is 30.0 Å². The summed E-state index contributed by atoms with van der Waals surface area (Å²) in [7, 11) is -3.49. The predicted octanol–water partition coefficient (Wildman–Crippen LogP) is 4.25. The molecule has 1 saturated heterocycles. The first-order valence-corrected chi connectivity index (χ1v) is 14.6. The molecule has 200 valence electrons. The number of carbonyl (C=O) groups is 1. The van der Waals surface area contributed by atoms with Crippen LogP contribution in [0.4, 0.5) is 16.3 Å². The van der Waals surface area contributed by atoms with E-state index in [4.69, 9.17) is 14.7 Å². The average Bonchev–Trinajstić information content (AvgIpc) is 3.64. The number of sulfone groups is 1. The van der Waals surface area contributed by atoms with E-state index in [-0.39, 0.29) is 18.1 Å². The van der Waals surface area contributed by atoms with Crippen molar-refractivity contribution < 1.29 is 17.9 Å². The van der Waals surface area contributed by atoms with Crippen LogP contribution in [0.15, 0.2) is 30.3 Å². The van der Waals surface area contributed by atoms with Crippen LogP contribution < -0.4 is 15.5 Å². The lowest BCUT2D eigenvalue weighted by Gasteiger charge is -2.35. The summed E-state index contributed by atoms with van der Waals surface area (Å²) in [4.78, 5) is 24.1. The molecule has 2 aromatic rings. The van der Waals surface area contributed by atoms with Gasteiger partial charge in [0.05, 0.1) is 29.7 Å². The van der Waals surface area contributed by atoms with E-state index < -0.39 is 19.3 Å². The highest BCUT2D eigenvalue weighted by molar-refractivity contribution is 7.94. The van der Waals surface area contributed by atoms with Gasteiger partial charge < -0.3 is 20.3 Å². The molecular formula is C27H37N5O4S. The van der Waals surface area contributed by atoms with E-state index >= 15 is 0 Å². The number of hydrogen-bond donors (Lipinski definition) is 2. The van der Waals surface area contributed by atoms with Crippen molar-refractivity contribution >= 4 is 27.4 Å². The molecule has 2 saturated carbocycles. The molecule has 2 amide bonds. The fourth-order valence-corrected chi connectivity index (χ4v) is 7.17. The lowest BCUT2D eigenvalue weighted by molar-refractivity contribution is 0.0985. The number of hydrogen-bond acceptors (Lipinski definition) is 7. The van der Waals surface area contributed by atoms with Crippen LogP contribution in [-0.4, -0.2) is 61.0 Å². The van der Waals surface area contributed by atoms with E-state index in [2.05, 4.69) is 22.5 Å².